The zero-order valence-corrected chi connectivity index (χ0v) is 14.3. The minimum absolute atomic E-state index is 0.126. The molecule has 0 spiro atoms. The van der Waals surface area contributed by atoms with Crippen molar-refractivity contribution in [1.82, 2.24) is 0 Å². The minimum atomic E-state index is -0.499. The van der Waals surface area contributed by atoms with E-state index in [4.69, 9.17) is 4.74 Å². The lowest BCUT2D eigenvalue weighted by Gasteiger charge is -2.15. The number of aryl methyl sites for hydroxylation is 3. The molecule has 0 fully saturated rings. The topological polar surface area (TPSA) is 38.3 Å². The van der Waals surface area contributed by atoms with Gasteiger partial charge in [-0.15, -0.1) is 0 Å². The van der Waals surface area contributed by atoms with Crippen molar-refractivity contribution in [3.63, 3.8) is 0 Å². The molecule has 3 heteroatoms. The Bertz CT molecular complexity index is 662. The normalized spacial score (nSPS) is 12.0. The summed E-state index contributed by atoms with van der Waals surface area (Å²) in [7, 11) is 0. The Morgan fingerprint density at radius 3 is 2.43 bits per heavy atom. The zero-order valence-electron chi connectivity index (χ0n) is 14.3. The van der Waals surface area contributed by atoms with E-state index in [0.717, 1.165) is 17.7 Å². The molecule has 0 aliphatic rings. The van der Waals surface area contributed by atoms with E-state index >= 15 is 0 Å². The predicted molar refractivity (Wildman–Crippen MR) is 94.6 cm³/mol. The number of hydrogen-bond donors (Lipinski definition) is 1. The van der Waals surface area contributed by atoms with Crippen molar-refractivity contribution in [3.8, 4) is 0 Å². The van der Waals surface area contributed by atoms with Gasteiger partial charge in [-0.05, 0) is 56.0 Å². The van der Waals surface area contributed by atoms with Crippen molar-refractivity contribution in [2.24, 2.45) is 0 Å². The Balaban J connectivity index is 1.89. The molecule has 0 aromatic heterocycles. The van der Waals surface area contributed by atoms with Gasteiger partial charge in [0.15, 0.2) is 0 Å². The highest BCUT2D eigenvalue weighted by atomic mass is 16.5. The molecular weight excluding hydrogens is 286 g/mol. The van der Waals surface area contributed by atoms with Gasteiger partial charge in [-0.2, -0.15) is 0 Å². The van der Waals surface area contributed by atoms with E-state index in [1.54, 1.807) is 6.92 Å². The number of carbonyl (C=O) groups excluding carboxylic acids is 1. The van der Waals surface area contributed by atoms with Gasteiger partial charge in [0.1, 0.15) is 6.10 Å². The fraction of sp³-hybridized carbons (Fsp3) is 0.350. The number of rotatable bonds is 6. The summed E-state index contributed by atoms with van der Waals surface area (Å²) < 4.78 is 5.72. The smallest absolute Gasteiger partial charge is 0.253 e. The molecule has 0 radical (unpaired) electrons. The average Bonchev–Trinajstić information content (AvgIpc) is 2.54. The molecule has 0 saturated carbocycles. The molecule has 0 bridgehead atoms. The van der Waals surface area contributed by atoms with Crippen LogP contribution in [0.3, 0.4) is 0 Å². The van der Waals surface area contributed by atoms with Gasteiger partial charge in [0.05, 0.1) is 6.61 Å². The monoisotopic (exact) mass is 311 g/mol. The van der Waals surface area contributed by atoms with Crippen molar-refractivity contribution in [1.29, 1.82) is 0 Å². The van der Waals surface area contributed by atoms with E-state index in [-0.39, 0.29) is 5.91 Å². The number of hydrogen-bond acceptors (Lipinski definition) is 2. The first-order valence-electron chi connectivity index (χ1n) is 8.07. The second kappa shape index (κ2) is 7.93. The van der Waals surface area contributed by atoms with E-state index in [1.807, 2.05) is 24.3 Å². The number of ether oxygens (including phenoxy) is 1. The van der Waals surface area contributed by atoms with Crippen molar-refractivity contribution in [2.45, 2.75) is 46.8 Å². The average molecular weight is 311 g/mol. The summed E-state index contributed by atoms with van der Waals surface area (Å²) in [4.78, 5) is 12.2. The van der Waals surface area contributed by atoms with Crippen LogP contribution in [0.4, 0.5) is 5.69 Å². The molecule has 2 aromatic rings. The van der Waals surface area contributed by atoms with E-state index in [9.17, 15) is 4.79 Å². The van der Waals surface area contributed by atoms with Crippen LogP contribution in [0.2, 0.25) is 0 Å². The summed E-state index contributed by atoms with van der Waals surface area (Å²) in [5.74, 6) is -0.126. The summed E-state index contributed by atoms with van der Waals surface area (Å²) >= 11 is 0. The third kappa shape index (κ3) is 4.93. The molecule has 3 nitrogen and oxygen atoms in total. The Morgan fingerprint density at radius 1 is 1.13 bits per heavy atom. The Morgan fingerprint density at radius 2 is 1.83 bits per heavy atom. The van der Waals surface area contributed by atoms with Crippen molar-refractivity contribution in [3.05, 3.63) is 64.7 Å². The van der Waals surface area contributed by atoms with Gasteiger partial charge in [0.25, 0.3) is 5.91 Å². The third-order valence-electron chi connectivity index (χ3n) is 3.99. The summed E-state index contributed by atoms with van der Waals surface area (Å²) in [6.07, 6.45) is 0.491. The number of benzene rings is 2. The molecule has 1 unspecified atom stereocenters. The van der Waals surface area contributed by atoms with Crippen LogP contribution >= 0.6 is 0 Å². The third-order valence-corrected chi connectivity index (χ3v) is 3.99. The summed E-state index contributed by atoms with van der Waals surface area (Å²) in [6.45, 7) is 8.45. The zero-order chi connectivity index (χ0) is 16.8. The standard InChI is InChI=1S/C20H25NO2/c1-5-17-7-10-19(11-8-17)21-20(22)16(4)23-13-18-9-6-14(2)12-15(18)3/h6-12,16H,5,13H2,1-4H3,(H,21,22). The number of carbonyl (C=O) groups is 1. The summed E-state index contributed by atoms with van der Waals surface area (Å²) in [5, 5.41) is 2.89. The fourth-order valence-corrected chi connectivity index (χ4v) is 2.37. The molecule has 0 saturated heterocycles. The quantitative estimate of drug-likeness (QED) is 0.858. The number of anilines is 1. The molecule has 1 N–H and O–H groups in total. The number of amides is 1. The first-order valence-corrected chi connectivity index (χ1v) is 8.07. The van der Waals surface area contributed by atoms with Crippen molar-refractivity contribution in [2.75, 3.05) is 5.32 Å². The van der Waals surface area contributed by atoms with Crippen LogP contribution in [0.1, 0.15) is 36.1 Å². The maximum absolute atomic E-state index is 12.2. The van der Waals surface area contributed by atoms with Gasteiger partial charge in [0, 0.05) is 5.69 Å². The SMILES string of the molecule is CCc1ccc(NC(=O)C(C)OCc2ccc(C)cc2C)cc1. The molecule has 0 heterocycles. The maximum atomic E-state index is 12.2. The predicted octanol–water partition coefficient (Wildman–Crippen LogP) is 4.41. The minimum Gasteiger partial charge on any atom is -0.364 e. The molecule has 122 valence electrons. The lowest BCUT2D eigenvalue weighted by Crippen LogP contribution is -2.27. The second-order valence-electron chi connectivity index (χ2n) is 5.92. The highest BCUT2D eigenvalue weighted by Gasteiger charge is 2.14. The lowest BCUT2D eigenvalue weighted by molar-refractivity contribution is -0.127. The van der Waals surface area contributed by atoms with Crippen LogP contribution in [-0.4, -0.2) is 12.0 Å². The number of nitrogens with one attached hydrogen (secondary N) is 1. The van der Waals surface area contributed by atoms with Crippen LogP contribution in [0.25, 0.3) is 0 Å². The van der Waals surface area contributed by atoms with Gasteiger partial charge >= 0.3 is 0 Å². The van der Waals surface area contributed by atoms with Gasteiger partial charge in [-0.25, -0.2) is 0 Å². The van der Waals surface area contributed by atoms with Gasteiger partial charge in [-0.3, -0.25) is 4.79 Å². The van der Waals surface area contributed by atoms with E-state index < -0.39 is 6.10 Å². The molecule has 1 atom stereocenters. The first-order chi connectivity index (χ1) is 11.0. The Kier molecular flexibility index (Phi) is 5.94. The highest BCUT2D eigenvalue weighted by molar-refractivity contribution is 5.93. The van der Waals surface area contributed by atoms with Crippen LogP contribution < -0.4 is 5.32 Å². The molecule has 1 amide bonds. The first kappa shape index (κ1) is 17.2. The molecular formula is C20H25NO2. The lowest BCUT2D eigenvalue weighted by atomic mass is 10.1. The summed E-state index contributed by atoms with van der Waals surface area (Å²) in [6, 6.07) is 14.1. The maximum Gasteiger partial charge on any atom is 0.253 e. The van der Waals surface area contributed by atoms with E-state index in [2.05, 4.69) is 44.3 Å². The van der Waals surface area contributed by atoms with Gasteiger partial charge in [0.2, 0.25) is 0 Å². The van der Waals surface area contributed by atoms with Crippen LogP contribution in [-0.2, 0) is 22.6 Å². The van der Waals surface area contributed by atoms with Crippen LogP contribution in [0.15, 0.2) is 42.5 Å². The molecule has 2 rings (SSSR count). The molecule has 0 aliphatic carbocycles. The molecule has 0 aliphatic heterocycles. The van der Waals surface area contributed by atoms with Crippen molar-refractivity contribution >= 4 is 11.6 Å². The van der Waals surface area contributed by atoms with Crippen LogP contribution in [0.5, 0.6) is 0 Å². The molecule has 2 aromatic carbocycles. The Hall–Kier alpha value is -2.13. The second-order valence-corrected chi connectivity index (χ2v) is 5.92. The molecule has 23 heavy (non-hydrogen) atoms. The van der Waals surface area contributed by atoms with Gasteiger partial charge in [-0.1, -0.05) is 42.8 Å². The van der Waals surface area contributed by atoms with Gasteiger partial charge < -0.3 is 10.1 Å². The largest absolute Gasteiger partial charge is 0.364 e. The van der Waals surface area contributed by atoms with E-state index in [0.29, 0.717) is 6.61 Å². The Labute approximate surface area is 138 Å². The van der Waals surface area contributed by atoms with E-state index in [1.165, 1.54) is 16.7 Å². The highest BCUT2D eigenvalue weighted by Crippen LogP contribution is 2.14. The van der Waals surface area contributed by atoms with Crippen LogP contribution in [0, 0.1) is 13.8 Å². The van der Waals surface area contributed by atoms with Crippen molar-refractivity contribution < 1.29 is 9.53 Å². The summed E-state index contributed by atoms with van der Waals surface area (Å²) in [5.41, 5.74) is 5.58. The fourth-order valence-electron chi connectivity index (χ4n) is 2.37.